The first-order chi connectivity index (χ1) is 6.80. The number of carbonyl (C=O) groups excluding carboxylic acids is 1. The molecule has 0 amide bonds. The quantitative estimate of drug-likeness (QED) is 0.731. The average Bonchev–Trinajstić information content (AvgIpc) is 2.27. The molecule has 1 saturated carbocycles. The van der Waals surface area contributed by atoms with Gasteiger partial charge in [0.05, 0.1) is 0 Å². The van der Waals surface area contributed by atoms with Crippen LogP contribution in [-0.2, 0) is 9.59 Å². The summed E-state index contributed by atoms with van der Waals surface area (Å²) in [5, 5.41) is 9.40. The van der Waals surface area contributed by atoms with Crippen LogP contribution in [0, 0.1) is 16.7 Å². The topological polar surface area (TPSA) is 54.4 Å². The Kier molecular flexibility index (Phi) is 2.94. The maximum Gasteiger partial charge on any atom is 0.317 e. The second-order valence-electron chi connectivity index (χ2n) is 5.21. The van der Waals surface area contributed by atoms with E-state index in [1.807, 2.05) is 27.7 Å². The van der Waals surface area contributed by atoms with Crippen LogP contribution in [0.1, 0.15) is 47.0 Å². The van der Waals surface area contributed by atoms with Crippen LogP contribution in [-0.4, -0.2) is 16.9 Å². The van der Waals surface area contributed by atoms with Crippen LogP contribution in [0.15, 0.2) is 0 Å². The molecule has 0 bridgehead atoms. The highest BCUT2D eigenvalue weighted by Gasteiger charge is 2.62. The molecule has 0 heterocycles. The van der Waals surface area contributed by atoms with E-state index in [0.29, 0.717) is 12.8 Å². The van der Waals surface area contributed by atoms with Crippen LogP contribution in [0.2, 0.25) is 0 Å². The molecule has 1 N–H and O–H groups in total. The molecule has 86 valence electrons. The van der Waals surface area contributed by atoms with Crippen LogP contribution in [0.25, 0.3) is 0 Å². The molecule has 1 rings (SSSR count). The van der Waals surface area contributed by atoms with Crippen molar-refractivity contribution < 1.29 is 14.7 Å². The van der Waals surface area contributed by atoms with Gasteiger partial charge in [0, 0.05) is 6.42 Å². The van der Waals surface area contributed by atoms with Crippen molar-refractivity contribution in [2.45, 2.75) is 47.0 Å². The van der Waals surface area contributed by atoms with E-state index in [4.69, 9.17) is 0 Å². The number of ketones is 1. The van der Waals surface area contributed by atoms with E-state index in [2.05, 4.69) is 0 Å². The van der Waals surface area contributed by atoms with Crippen molar-refractivity contribution in [2.75, 3.05) is 0 Å². The van der Waals surface area contributed by atoms with Gasteiger partial charge in [-0.3, -0.25) is 9.59 Å². The van der Waals surface area contributed by atoms with Crippen LogP contribution in [0.5, 0.6) is 0 Å². The maximum absolute atomic E-state index is 12.0. The highest BCUT2D eigenvalue weighted by atomic mass is 16.4. The molecule has 0 radical (unpaired) electrons. The molecule has 2 atom stereocenters. The first-order valence-electron chi connectivity index (χ1n) is 5.57. The highest BCUT2D eigenvalue weighted by Crippen LogP contribution is 2.56. The minimum atomic E-state index is -1.15. The lowest BCUT2D eigenvalue weighted by Crippen LogP contribution is -2.46. The largest absolute Gasteiger partial charge is 0.480 e. The molecule has 1 fully saturated rings. The number of carboxylic acid groups (broad SMARTS) is 1. The molecular formula is C12H20O3. The second-order valence-corrected chi connectivity index (χ2v) is 5.21. The smallest absolute Gasteiger partial charge is 0.317 e. The number of hydrogen-bond acceptors (Lipinski definition) is 2. The Balaban J connectivity index is 3.26. The zero-order valence-electron chi connectivity index (χ0n) is 9.96. The predicted octanol–water partition coefficient (Wildman–Crippen LogP) is 2.49. The molecular weight excluding hydrogens is 192 g/mol. The van der Waals surface area contributed by atoms with Gasteiger partial charge in [-0.2, -0.15) is 0 Å². The van der Waals surface area contributed by atoms with Gasteiger partial charge in [-0.05, 0) is 17.8 Å². The molecule has 3 nitrogen and oxygen atoms in total. The van der Waals surface area contributed by atoms with Crippen molar-refractivity contribution in [3.05, 3.63) is 0 Å². The van der Waals surface area contributed by atoms with E-state index < -0.39 is 16.8 Å². The summed E-state index contributed by atoms with van der Waals surface area (Å²) in [7, 11) is 0. The summed E-state index contributed by atoms with van der Waals surface area (Å²) < 4.78 is 0. The fourth-order valence-corrected chi connectivity index (χ4v) is 2.83. The first-order valence-corrected chi connectivity index (χ1v) is 5.57. The third kappa shape index (κ3) is 1.40. The number of aliphatic carboxylic acids is 1. The van der Waals surface area contributed by atoms with E-state index in [-0.39, 0.29) is 11.7 Å². The minimum absolute atomic E-state index is 0.0886. The van der Waals surface area contributed by atoms with E-state index in [0.717, 1.165) is 6.42 Å². The molecule has 0 aromatic rings. The fraction of sp³-hybridized carbons (Fsp3) is 0.833. The predicted molar refractivity (Wildman–Crippen MR) is 57.5 cm³/mol. The van der Waals surface area contributed by atoms with E-state index in [1.165, 1.54) is 0 Å². The molecule has 0 saturated heterocycles. The van der Waals surface area contributed by atoms with E-state index in [9.17, 15) is 14.7 Å². The van der Waals surface area contributed by atoms with Gasteiger partial charge in [-0.1, -0.05) is 34.1 Å². The Bertz CT molecular complexity index is 293. The summed E-state index contributed by atoms with van der Waals surface area (Å²) in [4.78, 5) is 23.4. The van der Waals surface area contributed by atoms with Crippen molar-refractivity contribution >= 4 is 11.8 Å². The Morgan fingerprint density at radius 1 is 1.53 bits per heavy atom. The minimum Gasteiger partial charge on any atom is -0.480 e. The van der Waals surface area contributed by atoms with E-state index in [1.54, 1.807) is 0 Å². The lowest BCUT2D eigenvalue weighted by atomic mass is 9.62. The Morgan fingerprint density at radius 2 is 2.07 bits per heavy atom. The number of carbonyl (C=O) groups is 2. The van der Waals surface area contributed by atoms with Gasteiger partial charge in [-0.15, -0.1) is 0 Å². The molecule has 1 aliphatic carbocycles. The molecule has 0 aliphatic heterocycles. The van der Waals surface area contributed by atoms with Crippen molar-refractivity contribution in [1.82, 2.24) is 0 Å². The van der Waals surface area contributed by atoms with Gasteiger partial charge in [0.25, 0.3) is 0 Å². The highest BCUT2D eigenvalue weighted by molar-refractivity contribution is 6.05. The second kappa shape index (κ2) is 3.62. The van der Waals surface area contributed by atoms with Gasteiger partial charge in [0.2, 0.25) is 0 Å². The molecule has 2 unspecified atom stereocenters. The zero-order chi connectivity index (χ0) is 11.9. The van der Waals surface area contributed by atoms with Crippen molar-refractivity contribution in [2.24, 2.45) is 16.7 Å². The first kappa shape index (κ1) is 12.2. The zero-order valence-corrected chi connectivity index (χ0v) is 9.96. The molecule has 0 aromatic carbocycles. The van der Waals surface area contributed by atoms with Gasteiger partial charge < -0.3 is 5.11 Å². The summed E-state index contributed by atoms with van der Waals surface area (Å²) in [5.74, 6) is -0.884. The van der Waals surface area contributed by atoms with Crippen molar-refractivity contribution in [3.63, 3.8) is 0 Å². The lowest BCUT2D eigenvalue weighted by Gasteiger charge is -2.38. The summed E-state index contributed by atoms with van der Waals surface area (Å²) >= 11 is 0. The maximum atomic E-state index is 12.0. The summed E-state index contributed by atoms with van der Waals surface area (Å²) in [5.41, 5.74) is -1.59. The Morgan fingerprint density at radius 3 is 2.33 bits per heavy atom. The monoisotopic (exact) mass is 212 g/mol. The van der Waals surface area contributed by atoms with Gasteiger partial charge >= 0.3 is 5.97 Å². The van der Waals surface area contributed by atoms with Gasteiger partial charge in [0.1, 0.15) is 5.41 Å². The number of rotatable bonds is 3. The molecule has 15 heavy (non-hydrogen) atoms. The third-order valence-corrected chi connectivity index (χ3v) is 4.29. The SMILES string of the molecule is CCCC1(C(=O)O)C(=O)CC(C)C1(C)C. The Hall–Kier alpha value is -0.860. The van der Waals surface area contributed by atoms with E-state index >= 15 is 0 Å². The van der Waals surface area contributed by atoms with Crippen LogP contribution in [0.4, 0.5) is 0 Å². The van der Waals surface area contributed by atoms with Gasteiger partial charge in [-0.25, -0.2) is 0 Å². The number of hydrogen-bond donors (Lipinski definition) is 1. The number of Topliss-reactive ketones (excluding diaryl/α,β-unsaturated/α-hetero) is 1. The normalized spacial score (nSPS) is 34.4. The molecule has 0 aromatic heterocycles. The molecule has 1 aliphatic rings. The number of carboxylic acids is 1. The molecule has 3 heteroatoms. The third-order valence-electron chi connectivity index (χ3n) is 4.29. The van der Waals surface area contributed by atoms with Gasteiger partial charge in [0.15, 0.2) is 5.78 Å². The average molecular weight is 212 g/mol. The van der Waals surface area contributed by atoms with Crippen LogP contribution < -0.4 is 0 Å². The van der Waals surface area contributed by atoms with Crippen molar-refractivity contribution in [1.29, 1.82) is 0 Å². The summed E-state index contributed by atoms with van der Waals surface area (Å²) in [6.07, 6.45) is 1.59. The fourth-order valence-electron chi connectivity index (χ4n) is 2.83. The molecule has 0 spiro atoms. The summed E-state index contributed by atoms with van der Waals surface area (Å²) in [6, 6.07) is 0. The van der Waals surface area contributed by atoms with Crippen molar-refractivity contribution in [3.8, 4) is 0 Å². The van der Waals surface area contributed by atoms with Crippen LogP contribution >= 0.6 is 0 Å². The standard InChI is InChI=1S/C12H20O3/c1-5-6-12(10(14)15)9(13)7-8(2)11(12,3)4/h8H,5-7H2,1-4H3,(H,14,15). The van der Waals surface area contributed by atoms with Crippen LogP contribution in [0.3, 0.4) is 0 Å². The summed E-state index contributed by atoms with van der Waals surface area (Å²) in [6.45, 7) is 7.72. The lowest BCUT2D eigenvalue weighted by molar-refractivity contribution is -0.161. The Labute approximate surface area is 90.9 Å².